The minimum atomic E-state index is -4.80. The minimum Gasteiger partial charge on any atom is -0.464 e. The molecule has 0 unspecified atom stereocenters. The summed E-state index contributed by atoms with van der Waals surface area (Å²) in [7, 11) is 1.16. The molecule has 0 aliphatic rings. The van der Waals surface area contributed by atoms with Crippen molar-refractivity contribution < 1.29 is 27.1 Å². The maximum atomic E-state index is 13.1. The number of ether oxygens (including phenoxy) is 1. The Balaban J connectivity index is 2.44. The van der Waals surface area contributed by atoms with Crippen molar-refractivity contribution in [2.75, 3.05) is 7.11 Å². The molecule has 0 fully saturated rings. The van der Waals surface area contributed by atoms with Crippen LogP contribution >= 0.6 is 0 Å². The van der Waals surface area contributed by atoms with Gasteiger partial charge in [-0.1, -0.05) is 0 Å². The quantitative estimate of drug-likeness (QED) is 0.682. The average molecular weight is 288 g/mol. The Morgan fingerprint density at radius 2 is 2.00 bits per heavy atom. The number of aromatic amines is 1. The Labute approximate surface area is 110 Å². The molecule has 20 heavy (non-hydrogen) atoms. The number of alkyl halides is 3. The van der Waals surface area contributed by atoms with Gasteiger partial charge < -0.3 is 4.74 Å². The topological polar surface area (TPSA) is 55.0 Å². The van der Waals surface area contributed by atoms with E-state index in [1.165, 1.54) is 6.07 Å². The summed E-state index contributed by atoms with van der Waals surface area (Å²) in [6.07, 6.45) is -4.80. The van der Waals surface area contributed by atoms with E-state index in [-0.39, 0.29) is 17.0 Å². The van der Waals surface area contributed by atoms with Gasteiger partial charge in [0.1, 0.15) is 11.5 Å². The summed E-state index contributed by atoms with van der Waals surface area (Å²) in [5.41, 5.74) is -1.29. The third kappa shape index (κ3) is 2.63. The number of methoxy groups -OCH3 is 1. The maximum Gasteiger partial charge on any atom is 0.419 e. The van der Waals surface area contributed by atoms with Gasteiger partial charge in [-0.3, -0.25) is 5.10 Å². The summed E-state index contributed by atoms with van der Waals surface area (Å²) in [6.45, 7) is 0. The second-order valence-electron chi connectivity index (χ2n) is 3.85. The van der Waals surface area contributed by atoms with E-state index in [9.17, 15) is 22.4 Å². The Morgan fingerprint density at radius 3 is 2.60 bits per heavy atom. The molecule has 2 rings (SSSR count). The Morgan fingerprint density at radius 1 is 1.30 bits per heavy atom. The zero-order chi connectivity index (χ0) is 14.9. The molecule has 0 aliphatic carbocycles. The van der Waals surface area contributed by atoms with E-state index in [1.807, 2.05) is 0 Å². The molecule has 0 atom stereocenters. The standard InChI is InChI=1S/C12H8F4N2O2/c1-20-11(19)10-5-9(17-18-10)6-2-3-8(13)7(4-6)12(14,15)16/h2-5H,1H3,(H,17,18). The molecule has 0 saturated heterocycles. The highest BCUT2D eigenvalue weighted by molar-refractivity contribution is 5.88. The SMILES string of the molecule is COC(=O)c1cc(-c2ccc(F)c(C(F)(F)F)c2)n[nH]1. The second kappa shape index (κ2) is 4.95. The van der Waals surface area contributed by atoms with E-state index in [2.05, 4.69) is 14.9 Å². The van der Waals surface area contributed by atoms with Crippen LogP contribution in [-0.4, -0.2) is 23.3 Å². The van der Waals surface area contributed by atoms with Crippen molar-refractivity contribution in [3.8, 4) is 11.3 Å². The fraction of sp³-hybridized carbons (Fsp3) is 0.167. The van der Waals surface area contributed by atoms with Gasteiger partial charge in [-0.15, -0.1) is 0 Å². The first kappa shape index (κ1) is 14.0. The largest absolute Gasteiger partial charge is 0.464 e. The summed E-state index contributed by atoms with van der Waals surface area (Å²) >= 11 is 0. The molecule has 0 bridgehead atoms. The van der Waals surface area contributed by atoms with Gasteiger partial charge in [0.15, 0.2) is 0 Å². The molecule has 0 saturated carbocycles. The highest BCUT2D eigenvalue weighted by Gasteiger charge is 2.34. The average Bonchev–Trinajstić information content (AvgIpc) is 2.86. The first-order valence-corrected chi connectivity index (χ1v) is 5.34. The van der Waals surface area contributed by atoms with E-state index in [0.29, 0.717) is 12.1 Å². The van der Waals surface area contributed by atoms with Crippen LogP contribution in [0.15, 0.2) is 24.3 Å². The zero-order valence-corrected chi connectivity index (χ0v) is 10.1. The van der Waals surface area contributed by atoms with Gasteiger partial charge in [0.2, 0.25) is 0 Å². The van der Waals surface area contributed by atoms with Crippen molar-refractivity contribution in [1.29, 1.82) is 0 Å². The number of esters is 1. The zero-order valence-electron chi connectivity index (χ0n) is 10.1. The number of hydrogen-bond acceptors (Lipinski definition) is 3. The first-order chi connectivity index (χ1) is 9.32. The molecule has 1 heterocycles. The number of nitrogens with one attached hydrogen (secondary N) is 1. The molecule has 0 aliphatic heterocycles. The molecule has 0 amide bonds. The van der Waals surface area contributed by atoms with Crippen LogP contribution in [0.5, 0.6) is 0 Å². The van der Waals surface area contributed by atoms with Crippen LogP contribution in [0.1, 0.15) is 16.1 Å². The summed E-state index contributed by atoms with van der Waals surface area (Å²) < 4.78 is 55.3. The molecular formula is C12H8F4N2O2. The number of carbonyl (C=O) groups is 1. The molecule has 8 heteroatoms. The summed E-state index contributed by atoms with van der Waals surface area (Å²) in [5, 5.41) is 6.02. The third-order valence-electron chi connectivity index (χ3n) is 2.55. The van der Waals surface area contributed by atoms with Crippen LogP contribution < -0.4 is 0 Å². The first-order valence-electron chi connectivity index (χ1n) is 5.34. The number of hydrogen-bond donors (Lipinski definition) is 1. The highest BCUT2D eigenvalue weighted by atomic mass is 19.4. The number of aromatic nitrogens is 2. The van der Waals surface area contributed by atoms with Crippen molar-refractivity contribution in [2.24, 2.45) is 0 Å². The van der Waals surface area contributed by atoms with Gasteiger partial charge in [0.05, 0.1) is 18.4 Å². The molecule has 2 aromatic rings. The lowest BCUT2D eigenvalue weighted by Gasteiger charge is -2.08. The number of halogens is 4. The fourth-order valence-corrected chi connectivity index (χ4v) is 1.59. The molecule has 4 nitrogen and oxygen atoms in total. The molecule has 1 N–H and O–H groups in total. The number of benzene rings is 1. The van der Waals surface area contributed by atoms with Gasteiger partial charge in [-0.2, -0.15) is 18.3 Å². The normalized spacial score (nSPS) is 11.4. The molecular weight excluding hydrogens is 280 g/mol. The van der Waals surface area contributed by atoms with E-state index >= 15 is 0 Å². The highest BCUT2D eigenvalue weighted by Crippen LogP contribution is 2.33. The fourth-order valence-electron chi connectivity index (χ4n) is 1.59. The lowest BCUT2D eigenvalue weighted by atomic mass is 10.1. The van der Waals surface area contributed by atoms with E-state index in [0.717, 1.165) is 13.2 Å². The van der Waals surface area contributed by atoms with Gasteiger partial charge in [-0.25, -0.2) is 9.18 Å². The molecule has 106 valence electrons. The van der Waals surface area contributed by atoms with Gasteiger partial charge in [-0.05, 0) is 24.3 Å². The maximum absolute atomic E-state index is 13.1. The Bertz CT molecular complexity index is 649. The van der Waals surface area contributed by atoms with Crippen molar-refractivity contribution in [1.82, 2.24) is 10.2 Å². The second-order valence-corrected chi connectivity index (χ2v) is 3.85. The molecule has 1 aromatic carbocycles. The number of nitrogens with zero attached hydrogens (tertiary/aromatic N) is 1. The lowest BCUT2D eigenvalue weighted by molar-refractivity contribution is -0.139. The predicted molar refractivity (Wildman–Crippen MR) is 60.3 cm³/mol. The number of carbonyl (C=O) groups excluding carboxylic acids is 1. The number of rotatable bonds is 2. The van der Waals surface area contributed by atoms with Crippen molar-refractivity contribution in [2.45, 2.75) is 6.18 Å². The van der Waals surface area contributed by atoms with Crippen LogP contribution in [0.25, 0.3) is 11.3 Å². The third-order valence-corrected chi connectivity index (χ3v) is 2.55. The molecule has 0 radical (unpaired) electrons. The van der Waals surface area contributed by atoms with Gasteiger partial charge in [0, 0.05) is 5.56 Å². The van der Waals surface area contributed by atoms with Crippen molar-refractivity contribution in [3.05, 3.63) is 41.3 Å². The van der Waals surface area contributed by atoms with E-state index in [4.69, 9.17) is 0 Å². The van der Waals surface area contributed by atoms with Crippen molar-refractivity contribution >= 4 is 5.97 Å². The molecule has 0 spiro atoms. The van der Waals surface area contributed by atoms with Crippen LogP contribution in [0.3, 0.4) is 0 Å². The van der Waals surface area contributed by atoms with Crippen LogP contribution in [0.2, 0.25) is 0 Å². The van der Waals surface area contributed by atoms with E-state index in [1.54, 1.807) is 0 Å². The van der Waals surface area contributed by atoms with Gasteiger partial charge >= 0.3 is 12.1 Å². The Hall–Kier alpha value is -2.38. The van der Waals surface area contributed by atoms with Crippen molar-refractivity contribution in [3.63, 3.8) is 0 Å². The predicted octanol–water partition coefficient (Wildman–Crippen LogP) is 3.02. The smallest absolute Gasteiger partial charge is 0.419 e. The summed E-state index contributed by atoms with van der Waals surface area (Å²) in [4.78, 5) is 11.2. The van der Waals surface area contributed by atoms with Crippen LogP contribution in [0, 0.1) is 5.82 Å². The molecule has 1 aromatic heterocycles. The summed E-state index contributed by atoms with van der Waals surface area (Å²) in [6, 6.07) is 3.69. The van der Waals surface area contributed by atoms with Crippen LogP contribution in [-0.2, 0) is 10.9 Å². The lowest BCUT2D eigenvalue weighted by Crippen LogP contribution is -2.08. The monoisotopic (exact) mass is 288 g/mol. The van der Waals surface area contributed by atoms with Gasteiger partial charge in [0.25, 0.3) is 0 Å². The number of H-pyrrole nitrogens is 1. The Kier molecular flexibility index (Phi) is 3.47. The van der Waals surface area contributed by atoms with E-state index < -0.39 is 23.5 Å². The van der Waals surface area contributed by atoms with Crippen LogP contribution in [0.4, 0.5) is 17.6 Å². The summed E-state index contributed by atoms with van der Waals surface area (Å²) in [5.74, 6) is -2.08. The minimum absolute atomic E-state index is 0.0135.